The molecule has 0 spiro atoms. The Morgan fingerprint density at radius 1 is 1.28 bits per heavy atom. The van der Waals surface area contributed by atoms with Crippen LogP contribution in [0.5, 0.6) is 0 Å². The fraction of sp³-hybridized carbons (Fsp3) is 0.368. The Hall–Kier alpha value is -2.05. The van der Waals surface area contributed by atoms with E-state index in [1.54, 1.807) is 17.4 Å². The second-order valence-electron chi connectivity index (χ2n) is 6.29. The molecule has 1 fully saturated rings. The SMILES string of the molecule is C/C(=N\NC(=O)C1CCN(Cc2ccccc2F)CC1)c1cccs1. The Bertz CT molecular complexity index is 737. The summed E-state index contributed by atoms with van der Waals surface area (Å²) in [6, 6.07) is 10.8. The zero-order valence-electron chi connectivity index (χ0n) is 14.2. The molecule has 0 bridgehead atoms. The molecule has 4 nitrogen and oxygen atoms in total. The highest BCUT2D eigenvalue weighted by Crippen LogP contribution is 2.20. The summed E-state index contributed by atoms with van der Waals surface area (Å²) < 4.78 is 13.7. The second kappa shape index (κ2) is 8.36. The maximum absolute atomic E-state index is 13.7. The molecule has 1 saturated heterocycles. The molecule has 25 heavy (non-hydrogen) atoms. The summed E-state index contributed by atoms with van der Waals surface area (Å²) in [4.78, 5) is 15.6. The number of carbonyl (C=O) groups excluding carboxylic acids is 1. The molecule has 1 aliphatic heterocycles. The lowest BCUT2D eigenvalue weighted by Crippen LogP contribution is -2.39. The quantitative estimate of drug-likeness (QED) is 0.654. The summed E-state index contributed by atoms with van der Waals surface area (Å²) in [5.74, 6) is -0.223. The van der Waals surface area contributed by atoms with E-state index < -0.39 is 0 Å². The van der Waals surface area contributed by atoms with Crippen molar-refractivity contribution >= 4 is 23.0 Å². The molecule has 2 aromatic rings. The molecule has 3 rings (SSSR count). The van der Waals surface area contributed by atoms with Crippen LogP contribution in [0, 0.1) is 11.7 Å². The van der Waals surface area contributed by atoms with E-state index in [4.69, 9.17) is 0 Å². The molecular weight excluding hydrogens is 337 g/mol. The van der Waals surface area contributed by atoms with E-state index >= 15 is 0 Å². The number of rotatable bonds is 5. The third-order valence-electron chi connectivity index (χ3n) is 4.52. The average molecular weight is 359 g/mol. The van der Waals surface area contributed by atoms with Crippen LogP contribution in [0.15, 0.2) is 46.9 Å². The fourth-order valence-corrected chi connectivity index (χ4v) is 3.67. The van der Waals surface area contributed by atoms with Gasteiger partial charge in [0.2, 0.25) is 5.91 Å². The van der Waals surface area contributed by atoms with E-state index in [9.17, 15) is 9.18 Å². The number of likely N-dealkylation sites (tertiary alicyclic amines) is 1. The molecule has 132 valence electrons. The van der Waals surface area contributed by atoms with Gasteiger partial charge in [-0.15, -0.1) is 11.3 Å². The van der Waals surface area contributed by atoms with Crippen molar-refractivity contribution < 1.29 is 9.18 Å². The number of nitrogens with one attached hydrogen (secondary N) is 1. The topological polar surface area (TPSA) is 44.7 Å². The zero-order chi connectivity index (χ0) is 17.6. The molecule has 0 atom stereocenters. The molecule has 0 unspecified atom stereocenters. The number of piperidine rings is 1. The van der Waals surface area contributed by atoms with Gasteiger partial charge < -0.3 is 0 Å². The molecule has 0 radical (unpaired) electrons. The molecule has 1 amide bonds. The first-order chi connectivity index (χ1) is 12.1. The minimum Gasteiger partial charge on any atom is -0.299 e. The van der Waals surface area contributed by atoms with Gasteiger partial charge in [-0.05, 0) is 50.4 Å². The minimum absolute atomic E-state index is 0.0264. The maximum Gasteiger partial charge on any atom is 0.243 e. The highest BCUT2D eigenvalue weighted by Gasteiger charge is 2.25. The number of nitrogens with zero attached hydrogens (tertiary/aromatic N) is 2. The predicted octanol–water partition coefficient (Wildman–Crippen LogP) is 3.64. The second-order valence-corrected chi connectivity index (χ2v) is 7.24. The lowest BCUT2D eigenvalue weighted by molar-refractivity contribution is -0.126. The lowest BCUT2D eigenvalue weighted by Gasteiger charge is -2.31. The van der Waals surface area contributed by atoms with Gasteiger partial charge in [-0.1, -0.05) is 24.3 Å². The van der Waals surface area contributed by atoms with E-state index in [1.165, 1.54) is 6.07 Å². The van der Waals surface area contributed by atoms with Crippen LogP contribution in [-0.2, 0) is 11.3 Å². The number of hydrazone groups is 1. The molecule has 6 heteroatoms. The van der Waals surface area contributed by atoms with Gasteiger partial charge in [-0.2, -0.15) is 5.10 Å². The van der Waals surface area contributed by atoms with Crippen LogP contribution in [0.4, 0.5) is 4.39 Å². The first-order valence-electron chi connectivity index (χ1n) is 8.47. The van der Waals surface area contributed by atoms with Crippen molar-refractivity contribution in [3.8, 4) is 0 Å². The monoisotopic (exact) mass is 359 g/mol. The van der Waals surface area contributed by atoms with Gasteiger partial charge in [0.25, 0.3) is 0 Å². The molecule has 1 N–H and O–H groups in total. The van der Waals surface area contributed by atoms with E-state index in [2.05, 4.69) is 15.4 Å². The summed E-state index contributed by atoms with van der Waals surface area (Å²) in [7, 11) is 0. The van der Waals surface area contributed by atoms with Crippen molar-refractivity contribution in [1.29, 1.82) is 0 Å². The number of carbonyl (C=O) groups is 1. The molecule has 1 aromatic carbocycles. The number of hydrogen-bond acceptors (Lipinski definition) is 4. The largest absolute Gasteiger partial charge is 0.299 e. The number of hydrogen-bond donors (Lipinski definition) is 1. The molecule has 0 saturated carbocycles. The Labute approximate surface area is 151 Å². The van der Waals surface area contributed by atoms with Crippen molar-refractivity contribution in [2.24, 2.45) is 11.0 Å². The number of thiophene rings is 1. The molecular formula is C19H22FN3OS. The number of benzene rings is 1. The van der Waals surface area contributed by atoms with Crippen LogP contribution in [0.25, 0.3) is 0 Å². The van der Waals surface area contributed by atoms with Gasteiger partial charge in [0, 0.05) is 22.9 Å². The van der Waals surface area contributed by atoms with Gasteiger partial charge >= 0.3 is 0 Å². The summed E-state index contributed by atoms with van der Waals surface area (Å²) in [5.41, 5.74) is 4.22. The zero-order valence-corrected chi connectivity index (χ0v) is 15.1. The maximum atomic E-state index is 13.7. The molecule has 0 aliphatic carbocycles. The summed E-state index contributed by atoms with van der Waals surface area (Å²) in [6.07, 6.45) is 1.54. The first-order valence-corrected chi connectivity index (χ1v) is 9.35. The van der Waals surface area contributed by atoms with Crippen LogP contribution in [-0.4, -0.2) is 29.6 Å². The van der Waals surface area contributed by atoms with Crippen LogP contribution >= 0.6 is 11.3 Å². The smallest absolute Gasteiger partial charge is 0.243 e. The summed E-state index contributed by atoms with van der Waals surface area (Å²) in [6.45, 7) is 4.07. The third-order valence-corrected chi connectivity index (χ3v) is 5.50. The van der Waals surface area contributed by atoms with Gasteiger partial charge in [0.1, 0.15) is 5.82 Å². The van der Waals surface area contributed by atoms with Crippen LogP contribution in [0.2, 0.25) is 0 Å². The Morgan fingerprint density at radius 2 is 2.04 bits per heavy atom. The number of halogens is 1. The molecule has 1 aromatic heterocycles. The highest BCUT2D eigenvalue weighted by molar-refractivity contribution is 7.12. The fourth-order valence-electron chi connectivity index (χ4n) is 2.99. The van der Waals surface area contributed by atoms with Gasteiger partial charge in [0.05, 0.1) is 5.71 Å². The van der Waals surface area contributed by atoms with E-state index in [0.717, 1.165) is 36.5 Å². The molecule has 2 heterocycles. The van der Waals surface area contributed by atoms with Crippen LogP contribution in [0.3, 0.4) is 0 Å². The first kappa shape index (κ1) is 17.8. The van der Waals surface area contributed by atoms with E-state index in [1.807, 2.05) is 36.6 Å². The molecule has 1 aliphatic rings. The van der Waals surface area contributed by atoms with Crippen molar-refractivity contribution in [1.82, 2.24) is 10.3 Å². The Kier molecular flexibility index (Phi) is 5.94. The van der Waals surface area contributed by atoms with Crippen LogP contribution < -0.4 is 5.43 Å². The van der Waals surface area contributed by atoms with Crippen molar-refractivity contribution in [2.45, 2.75) is 26.3 Å². The standard InChI is InChI=1S/C19H22FN3OS/c1-14(18-7-4-12-25-18)21-22-19(24)15-8-10-23(11-9-15)13-16-5-2-3-6-17(16)20/h2-7,12,15H,8-11,13H2,1H3,(H,22,24)/b21-14+. The van der Waals surface area contributed by atoms with Crippen LogP contribution in [0.1, 0.15) is 30.2 Å². The van der Waals surface area contributed by atoms with Crippen molar-refractivity contribution in [3.05, 3.63) is 58.0 Å². The Balaban J connectivity index is 1.48. The van der Waals surface area contributed by atoms with E-state index in [0.29, 0.717) is 12.1 Å². The highest BCUT2D eigenvalue weighted by atomic mass is 32.1. The average Bonchev–Trinajstić information content (AvgIpc) is 3.17. The van der Waals surface area contributed by atoms with Gasteiger partial charge in [-0.3, -0.25) is 9.69 Å². The summed E-state index contributed by atoms with van der Waals surface area (Å²) >= 11 is 1.60. The van der Waals surface area contributed by atoms with Crippen molar-refractivity contribution in [3.63, 3.8) is 0 Å². The van der Waals surface area contributed by atoms with Crippen molar-refractivity contribution in [2.75, 3.05) is 13.1 Å². The summed E-state index contributed by atoms with van der Waals surface area (Å²) in [5, 5.41) is 6.19. The van der Waals surface area contributed by atoms with Gasteiger partial charge in [-0.25, -0.2) is 9.82 Å². The lowest BCUT2D eigenvalue weighted by atomic mass is 9.96. The minimum atomic E-state index is -0.166. The Morgan fingerprint density at radius 3 is 2.72 bits per heavy atom. The normalized spacial score (nSPS) is 16.8. The number of amides is 1. The van der Waals surface area contributed by atoms with Gasteiger partial charge in [0.15, 0.2) is 0 Å². The van der Waals surface area contributed by atoms with E-state index in [-0.39, 0.29) is 17.6 Å². The predicted molar refractivity (Wildman–Crippen MR) is 99.1 cm³/mol. The third kappa shape index (κ3) is 4.74.